The molecule has 0 unspecified atom stereocenters. The zero-order chi connectivity index (χ0) is 20.2. The van der Waals surface area contributed by atoms with Crippen molar-refractivity contribution < 1.29 is 18.7 Å². The molecule has 0 atom stereocenters. The van der Waals surface area contributed by atoms with E-state index in [1.165, 1.54) is 6.07 Å². The summed E-state index contributed by atoms with van der Waals surface area (Å²) in [5.74, 6) is 0.317. The lowest BCUT2D eigenvalue weighted by molar-refractivity contribution is 0.0635. The summed E-state index contributed by atoms with van der Waals surface area (Å²) in [5, 5.41) is 2.50. The normalized spacial score (nSPS) is 11.8. The Kier molecular flexibility index (Phi) is 6.14. The lowest BCUT2D eigenvalue weighted by atomic mass is 9.79. The van der Waals surface area contributed by atoms with Crippen molar-refractivity contribution in [3.8, 4) is 5.75 Å². The van der Waals surface area contributed by atoms with Gasteiger partial charge in [-0.25, -0.2) is 9.18 Å². The summed E-state index contributed by atoms with van der Waals surface area (Å²) in [4.78, 5) is 12.0. The summed E-state index contributed by atoms with van der Waals surface area (Å²) < 4.78 is 24.9. The first-order chi connectivity index (χ1) is 12.5. The van der Waals surface area contributed by atoms with Gasteiger partial charge in [-0.1, -0.05) is 38.1 Å². The van der Waals surface area contributed by atoms with Gasteiger partial charge in [0.2, 0.25) is 0 Å². The quantitative estimate of drug-likeness (QED) is 0.731. The number of ether oxygens (including phenoxy) is 2. The number of benzene rings is 2. The van der Waals surface area contributed by atoms with E-state index in [0.717, 1.165) is 16.9 Å². The Hall–Kier alpha value is -2.56. The first-order valence-electron chi connectivity index (χ1n) is 8.94. The van der Waals surface area contributed by atoms with Crippen molar-refractivity contribution in [1.29, 1.82) is 0 Å². The van der Waals surface area contributed by atoms with Crippen LogP contribution in [0.4, 0.5) is 14.9 Å². The van der Waals surface area contributed by atoms with Gasteiger partial charge in [0.25, 0.3) is 0 Å². The summed E-state index contributed by atoms with van der Waals surface area (Å²) in [6.07, 6.45) is 0.0233. The highest BCUT2D eigenvalue weighted by molar-refractivity contribution is 5.85. The second-order valence-corrected chi connectivity index (χ2v) is 8.19. The number of anilines is 1. The van der Waals surface area contributed by atoms with Gasteiger partial charge in [-0.05, 0) is 61.9 Å². The first-order valence-corrected chi connectivity index (χ1v) is 8.94. The van der Waals surface area contributed by atoms with Crippen molar-refractivity contribution in [3.63, 3.8) is 0 Å². The minimum Gasteiger partial charge on any atom is -0.496 e. The van der Waals surface area contributed by atoms with Crippen LogP contribution in [0.5, 0.6) is 5.75 Å². The van der Waals surface area contributed by atoms with Crippen LogP contribution in [0.25, 0.3) is 0 Å². The van der Waals surface area contributed by atoms with Crippen LogP contribution in [0.2, 0.25) is 0 Å². The Morgan fingerprint density at radius 2 is 1.74 bits per heavy atom. The minimum atomic E-state index is -0.680. The summed E-state index contributed by atoms with van der Waals surface area (Å²) in [6.45, 7) is 9.43. The number of rotatable bonds is 5. The molecular weight excluding hydrogens is 345 g/mol. The largest absolute Gasteiger partial charge is 0.496 e. The summed E-state index contributed by atoms with van der Waals surface area (Å²) in [7, 11) is 1.65. The molecule has 1 N–H and O–H groups in total. The minimum absolute atomic E-state index is 0.106. The number of para-hydroxylation sites is 1. The Morgan fingerprint density at radius 1 is 1.07 bits per heavy atom. The van der Waals surface area contributed by atoms with Gasteiger partial charge in [0.15, 0.2) is 0 Å². The van der Waals surface area contributed by atoms with E-state index in [4.69, 9.17) is 9.47 Å². The molecule has 2 aromatic carbocycles. The molecule has 0 radical (unpaired) electrons. The highest BCUT2D eigenvalue weighted by Gasteiger charge is 2.25. The lowest BCUT2D eigenvalue weighted by Crippen LogP contribution is -2.28. The van der Waals surface area contributed by atoms with Crippen molar-refractivity contribution in [2.45, 2.75) is 52.1 Å². The Morgan fingerprint density at radius 3 is 2.37 bits per heavy atom. The van der Waals surface area contributed by atoms with Crippen LogP contribution in [0.1, 0.15) is 45.7 Å². The van der Waals surface area contributed by atoms with Gasteiger partial charge in [0, 0.05) is 0 Å². The molecule has 0 saturated carbocycles. The average molecular weight is 373 g/mol. The van der Waals surface area contributed by atoms with E-state index >= 15 is 0 Å². The van der Waals surface area contributed by atoms with E-state index in [2.05, 4.69) is 19.2 Å². The van der Waals surface area contributed by atoms with Gasteiger partial charge in [-0.3, -0.25) is 5.32 Å². The fraction of sp³-hybridized carbons (Fsp3) is 0.409. The van der Waals surface area contributed by atoms with E-state index in [-0.39, 0.29) is 11.1 Å². The third kappa shape index (κ3) is 5.71. The smallest absolute Gasteiger partial charge is 0.412 e. The predicted octanol–water partition coefficient (Wildman–Crippen LogP) is 5.70. The van der Waals surface area contributed by atoms with Gasteiger partial charge >= 0.3 is 6.09 Å². The topological polar surface area (TPSA) is 47.6 Å². The molecule has 0 aliphatic carbocycles. The SMILES string of the molecule is COc1ccccc1CC(C)(C)c1ccc(F)c(NC(=O)OC(C)(C)C)c1. The number of hydrogen-bond donors (Lipinski definition) is 1. The van der Waals surface area contributed by atoms with Crippen LogP contribution in [-0.2, 0) is 16.6 Å². The molecule has 0 aliphatic rings. The van der Waals surface area contributed by atoms with Gasteiger partial charge in [0.05, 0.1) is 12.8 Å². The van der Waals surface area contributed by atoms with Gasteiger partial charge in [-0.15, -0.1) is 0 Å². The van der Waals surface area contributed by atoms with Crippen LogP contribution in [0.15, 0.2) is 42.5 Å². The fourth-order valence-corrected chi connectivity index (χ4v) is 2.88. The molecule has 1 amide bonds. The number of nitrogens with one attached hydrogen (secondary N) is 1. The standard InChI is InChI=1S/C22H28FNO3/c1-21(2,3)27-20(25)24-18-13-16(11-12-17(18)23)22(4,5)14-15-9-7-8-10-19(15)26-6/h7-13H,14H2,1-6H3,(H,24,25). The van der Waals surface area contributed by atoms with Crippen molar-refractivity contribution >= 4 is 11.8 Å². The molecule has 0 bridgehead atoms. The maximum Gasteiger partial charge on any atom is 0.412 e. The molecule has 0 heterocycles. The monoisotopic (exact) mass is 373 g/mol. The Balaban J connectivity index is 2.26. The average Bonchev–Trinajstić information content (AvgIpc) is 2.55. The molecule has 0 spiro atoms. The second-order valence-electron chi connectivity index (χ2n) is 8.19. The van der Waals surface area contributed by atoms with E-state index in [1.807, 2.05) is 24.3 Å². The van der Waals surface area contributed by atoms with Crippen LogP contribution in [0, 0.1) is 5.82 Å². The Labute approximate surface area is 160 Å². The third-order valence-electron chi connectivity index (χ3n) is 4.21. The number of carbonyl (C=O) groups is 1. The summed E-state index contributed by atoms with van der Waals surface area (Å²) in [5.41, 5.74) is 1.13. The van der Waals surface area contributed by atoms with Crippen molar-refractivity contribution in [2.75, 3.05) is 12.4 Å². The first kappa shape index (κ1) is 20.7. The van der Waals surface area contributed by atoms with Crippen LogP contribution < -0.4 is 10.1 Å². The maximum absolute atomic E-state index is 14.2. The van der Waals surface area contributed by atoms with Gasteiger partial charge in [-0.2, -0.15) is 0 Å². The van der Waals surface area contributed by atoms with Gasteiger partial charge in [0.1, 0.15) is 17.2 Å². The van der Waals surface area contributed by atoms with Crippen molar-refractivity contribution in [1.82, 2.24) is 0 Å². The van der Waals surface area contributed by atoms with E-state index < -0.39 is 17.5 Å². The molecule has 0 aliphatic heterocycles. The fourth-order valence-electron chi connectivity index (χ4n) is 2.88. The number of hydrogen-bond acceptors (Lipinski definition) is 3. The summed E-state index contributed by atoms with van der Waals surface area (Å²) >= 11 is 0. The van der Waals surface area contributed by atoms with Crippen LogP contribution in [-0.4, -0.2) is 18.8 Å². The Bertz CT molecular complexity index is 809. The van der Waals surface area contributed by atoms with E-state index in [0.29, 0.717) is 6.42 Å². The highest BCUT2D eigenvalue weighted by atomic mass is 19.1. The van der Waals surface area contributed by atoms with Crippen LogP contribution in [0.3, 0.4) is 0 Å². The molecule has 146 valence electrons. The number of halogens is 1. The molecule has 0 fully saturated rings. The van der Waals surface area contributed by atoms with Crippen LogP contribution >= 0.6 is 0 Å². The molecule has 2 aromatic rings. The highest BCUT2D eigenvalue weighted by Crippen LogP contribution is 2.33. The number of carbonyl (C=O) groups excluding carboxylic acids is 1. The molecule has 0 aromatic heterocycles. The van der Waals surface area contributed by atoms with E-state index in [9.17, 15) is 9.18 Å². The molecule has 27 heavy (non-hydrogen) atoms. The molecule has 5 heteroatoms. The zero-order valence-electron chi connectivity index (χ0n) is 16.9. The lowest BCUT2D eigenvalue weighted by Gasteiger charge is -2.27. The zero-order valence-corrected chi connectivity index (χ0v) is 16.9. The molecule has 4 nitrogen and oxygen atoms in total. The molecule has 0 saturated heterocycles. The molecular formula is C22H28FNO3. The van der Waals surface area contributed by atoms with Gasteiger partial charge < -0.3 is 9.47 Å². The number of amides is 1. The number of methoxy groups -OCH3 is 1. The summed E-state index contributed by atoms with van der Waals surface area (Å²) in [6, 6.07) is 12.6. The maximum atomic E-state index is 14.2. The second kappa shape index (κ2) is 7.99. The van der Waals surface area contributed by atoms with Crippen molar-refractivity contribution in [3.05, 3.63) is 59.4 Å². The predicted molar refractivity (Wildman–Crippen MR) is 106 cm³/mol. The third-order valence-corrected chi connectivity index (χ3v) is 4.21. The molecule has 2 rings (SSSR count). The van der Waals surface area contributed by atoms with Crippen molar-refractivity contribution in [2.24, 2.45) is 0 Å². The van der Waals surface area contributed by atoms with E-state index in [1.54, 1.807) is 40.0 Å².